The van der Waals surface area contributed by atoms with Crippen molar-refractivity contribution in [3.63, 3.8) is 0 Å². The third-order valence-corrected chi connectivity index (χ3v) is 4.59. The number of ether oxygens (including phenoxy) is 1. The van der Waals surface area contributed by atoms with Crippen molar-refractivity contribution in [1.82, 2.24) is 4.90 Å². The van der Waals surface area contributed by atoms with E-state index in [-0.39, 0.29) is 17.6 Å². The molecule has 1 aromatic rings. The van der Waals surface area contributed by atoms with Gasteiger partial charge in [0.1, 0.15) is 6.10 Å². The minimum absolute atomic E-state index is 0.0489. The highest BCUT2D eigenvalue weighted by molar-refractivity contribution is 5.64. The lowest BCUT2D eigenvalue weighted by Gasteiger charge is -2.47. The van der Waals surface area contributed by atoms with E-state index >= 15 is 0 Å². The Hall–Kier alpha value is -1.55. The average Bonchev–Trinajstić information content (AvgIpc) is 2.46. The molecule has 128 valence electrons. The Balaban J connectivity index is 1.98. The molecule has 0 saturated carbocycles. The van der Waals surface area contributed by atoms with E-state index in [9.17, 15) is 4.79 Å². The fourth-order valence-corrected chi connectivity index (χ4v) is 3.79. The van der Waals surface area contributed by atoms with Gasteiger partial charge in [-0.1, -0.05) is 51.1 Å². The molecule has 1 fully saturated rings. The zero-order valence-corrected chi connectivity index (χ0v) is 14.6. The molecule has 0 radical (unpaired) electrons. The van der Waals surface area contributed by atoms with Crippen molar-refractivity contribution in [3.8, 4) is 0 Å². The Labute approximate surface area is 140 Å². The first-order chi connectivity index (χ1) is 10.9. The van der Waals surface area contributed by atoms with Crippen LogP contribution in [0.4, 0.5) is 4.79 Å². The first-order valence-electron chi connectivity index (χ1n) is 8.62. The summed E-state index contributed by atoms with van der Waals surface area (Å²) in [4.78, 5) is 13.7. The van der Waals surface area contributed by atoms with Crippen molar-refractivity contribution in [1.29, 1.82) is 0 Å². The van der Waals surface area contributed by atoms with Gasteiger partial charge in [0, 0.05) is 0 Å². The summed E-state index contributed by atoms with van der Waals surface area (Å²) in [6.45, 7) is 8.73. The highest BCUT2D eigenvalue weighted by Crippen LogP contribution is 2.34. The van der Waals surface area contributed by atoms with Gasteiger partial charge in [-0.05, 0) is 49.8 Å². The number of primary amides is 1. The largest absolute Gasteiger partial charge is 0.445 e. The number of carbonyl (C=O) groups is 1. The molecule has 1 heterocycles. The average molecular weight is 318 g/mol. The Morgan fingerprint density at radius 2 is 2.00 bits per heavy atom. The van der Waals surface area contributed by atoms with Crippen LogP contribution in [0.3, 0.4) is 0 Å². The van der Waals surface area contributed by atoms with E-state index in [0.29, 0.717) is 0 Å². The van der Waals surface area contributed by atoms with Crippen LogP contribution in [0, 0.1) is 5.41 Å². The van der Waals surface area contributed by atoms with E-state index in [2.05, 4.69) is 56.0 Å². The van der Waals surface area contributed by atoms with E-state index < -0.39 is 6.09 Å². The van der Waals surface area contributed by atoms with Crippen LogP contribution in [0.15, 0.2) is 30.3 Å². The van der Waals surface area contributed by atoms with Crippen molar-refractivity contribution in [2.75, 3.05) is 13.1 Å². The predicted octanol–water partition coefficient (Wildman–Crippen LogP) is 3.59. The smallest absolute Gasteiger partial charge is 0.404 e. The van der Waals surface area contributed by atoms with Crippen LogP contribution in [0.5, 0.6) is 0 Å². The van der Waals surface area contributed by atoms with Gasteiger partial charge in [0.2, 0.25) is 0 Å². The molecule has 1 aromatic carbocycles. The number of amides is 1. The van der Waals surface area contributed by atoms with E-state index in [0.717, 1.165) is 38.8 Å². The lowest BCUT2D eigenvalue weighted by Crippen LogP contribution is -2.56. The normalized spacial score (nSPS) is 22.7. The zero-order valence-electron chi connectivity index (χ0n) is 14.6. The van der Waals surface area contributed by atoms with Crippen LogP contribution in [0.25, 0.3) is 0 Å². The highest BCUT2D eigenvalue weighted by Gasteiger charge is 2.40. The maximum atomic E-state index is 11.2. The first-order valence-corrected chi connectivity index (χ1v) is 8.62. The Kier molecular flexibility index (Phi) is 6.05. The third kappa shape index (κ3) is 5.24. The van der Waals surface area contributed by atoms with Gasteiger partial charge in [-0.15, -0.1) is 0 Å². The molecule has 1 aliphatic rings. The highest BCUT2D eigenvalue weighted by atomic mass is 16.6. The molecule has 2 rings (SSSR count). The van der Waals surface area contributed by atoms with E-state index in [1.165, 1.54) is 5.56 Å². The standard InChI is InChI=1S/C19H30N2O2/c1-19(2,3)17-16(23-18(20)22)12-8-14-21(17)13-7-11-15-9-5-4-6-10-15/h4-6,9-10,16-17H,7-8,11-14H2,1-3H3,(H2,20,22)/t16-,17?/m1/s1. The maximum Gasteiger partial charge on any atom is 0.404 e. The summed E-state index contributed by atoms with van der Waals surface area (Å²) in [5, 5.41) is 0. The van der Waals surface area contributed by atoms with Gasteiger partial charge in [-0.2, -0.15) is 0 Å². The summed E-state index contributed by atoms with van der Waals surface area (Å²) in [6, 6.07) is 10.8. The number of hydrogen-bond donors (Lipinski definition) is 1. The minimum atomic E-state index is -0.657. The second kappa shape index (κ2) is 7.82. The van der Waals surface area contributed by atoms with E-state index in [1.807, 2.05) is 0 Å². The van der Waals surface area contributed by atoms with Crippen molar-refractivity contribution in [2.45, 2.75) is 58.6 Å². The summed E-state index contributed by atoms with van der Waals surface area (Å²) in [5.74, 6) is 0. The summed E-state index contributed by atoms with van der Waals surface area (Å²) in [6.07, 6.45) is 3.39. The monoisotopic (exact) mass is 318 g/mol. The van der Waals surface area contributed by atoms with Crippen LogP contribution < -0.4 is 5.73 Å². The summed E-state index contributed by atoms with van der Waals surface area (Å²) < 4.78 is 5.42. The summed E-state index contributed by atoms with van der Waals surface area (Å²) >= 11 is 0. The quantitative estimate of drug-likeness (QED) is 0.902. The lowest BCUT2D eigenvalue weighted by atomic mass is 9.78. The number of hydrogen-bond acceptors (Lipinski definition) is 3. The van der Waals surface area contributed by atoms with E-state index in [1.54, 1.807) is 0 Å². The molecule has 2 N–H and O–H groups in total. The van der Waals surface area contributed by atoms with Crippen LogP contribution in [-0.2, 0) is 11.2 Å². The molecule has 0 spiro atoms. The number of nitrogens with two attached hydrogens (primary N) is 1. The molecule has 4 heteroatoms. The number of carbonyl (C=O) groups excluding carboxylic acids is 1. The fraction of sp³-hybridized carbons (Fsp3) is 0.632. The first kappa shape index (κ1) is 17.8. The predicted molar refractivity (Wildman–Crippen MR) is 93.3 cm³/mol. The molecule has 0 bridgehead atoms. The molecule has 1 saturated heterocycles. The van der Waals surface area contributed by atoms with Crippen LogP contribution >= 0.6 is 0 Å². The number of rotatable bonds is 5. The second-order valence-corrected chi connectivity index (χ2v) is 7.55. The van der Waals surface area contributed by atoms with E-state index in [4.69, 9.17) is 10.5 Å². The molecule has 0 aliphatic carbocycles. The Morgan fingerprint density at radius 1 is 1.30 bits per heavy atom. The van der Waals surface area contributed by atoms with Gasteiger partial charge < -0.3 is 10.5 Å². The Bertz CT molecular complexity index is 496. The zero-order chi connectivity index (χ0) is 16.9. The van der Waals surface area contributed by atoms with Gasteiger partial charge in [-0.25, -0.2) is 4.79 Å². The number of likely N-dealkylation sites (tertiary alicyclic amines) is 1. The number of piperidine rings is 1. The minimum Gasteiger partial charge on any atom is -0.445 e. The molecule has 23 heavy (non-hydrogen) atoms. The van der Waals surface area contributed by atoms with Crippen LogP contribution in [0.1, 0.15) is 45.6 Å². The van der Waals surface area contributed by atoms with Crippen LogP contribution in [-0.4, -0.2) is 36.2 Å². The van der Waals surface area contributed by atoms with Crippen molar-refractivity contribution < 1.29 is 9.53 Å². The number of nitrogens with zero attached hydrogens (tertiary/aromatic N) is 1. The van der Waals surface area contributed by atoms with Gasteiger partial charge in [-0.3, -0.25) is 4.90 Å². The fourth-order valence-electron chi connectivity index (χ4n) is 3.79. The lowest BCUT2D eigenvalue weighted by molar-refractivity contribution is -0.0461. The molecule has 0 aromatic heterocycles. The van der Waals surface area contributed by atoms with Gasteiger partial charge in [0.15, 0.2) is 0 Å². The van der Waals surface area contributed by atoms with Gasteiger partial charge in [0.05, 0.1) is 6.04 Å². The summed E-state index contributed by atoms with van der Waals surface area (Å²) in [5.41, 5.74) is 6.70. The Morgan fingerprint density at radius 3 is 2.61 bits per heavy atom. The van der Waals surface area contributed by atoms with Gasteiger partial charge >= 0.3 is 6.09 Å². The van der Waals surface area contributed by atoms with Gasteiger partial charge in [0.25, 0.3) is 0 Å². The summed E-state index contributed by atoms with van der Waals surface area (Å²) in [7, 11) is 0. The molecule has 1 amide bonds. The maximum absolute atomic E-state index is 11.2. The molecule has 1 unspecified atom stereocenters. The van der Waals surface area contributed by atoms with Crippen molar-refractivity contribution in [3.05, 3.63) is 35.9 Å². The molecular weight excluding hydrogens is 288 g/mol. The molecule has 1 aliphatic heterocycles. The third-order valence-electron chi connectivity index (χ3n) is 4.59. The SMILES string of the molecule is CC(C)(C)C1[C@H](OC(N)=O)CCCN1CCCc1ccccc1. The number of benzene rings is 1. The topological polar surface area (TPSA) is 55.6 Å². The molecule has 4 nitrogen and oxygen atoms in total. The molecular formula is C19H30N2O2. The number of aryl methyl sites for hydroxylation is 1. The molecule has 2 atom stereocenters. The van der Waals surface area contributed by atoms with Crippen LogP contribution in [0.2, 0.25) is 0 Å². The second-order valence-electron chi connectivity index (χ2n) is 7.55. The van der Waals surface area contributed by atoms with Crippen molar-refractivity contribution in [2.24, 2.45) is 11.1 Å². The van der Waals surface area contributed by atoms with Crippen molar-refractivity contribution >= 4 is 6.09 Å².